The molecule has 20 heavy (non-hydrogen) atoms. The van der Waals surface area contributed by atoms with E-state index in [1.807, 2.05) is 30.3 Å². The van der Waals surface area contributed by atoms with Crippen LogP contribution in [0.5, 0.6) is 5.75 Å². The Kier molecular flexibility index (Phi) is 4.71. The van der Waals surface area contributed by atoms with Crippen molar-refractivity contribution in [3.63, 3.8) is 0 Å². The molecular weight excluding hydrogens is 301 g/mol. The van der Waals surface area contributed by atoms with Gasteiger partial charge in [-0.15, -0.1) is 0 Å². The number of carbonyl (C=O) groups excluding carboxylic acids is 2. The SMILES string of the molecule is O=C(Cl)c1cc(OCc2ccccc2)cc(C(=O)Cl)n1. The van der Waals surface area contributed by atoms with Gasteiger partial charge in [-0.25, -0.2) is 4.98 Å². The molecule has 0 spiro atoms. The van der Waals surface area contributed by atoms with Crippen molar-refractivity contribution in [1.82, 2.24) is 4.98 Å². The normalized spacial score (nSPS) is 10.1. The van der Waals surface area contributed by atoms with Crippen LogP contribution in [-0.4, -0.2) is 15.5 Å². The fourth-order valence-corrected chi connectivity index (χ4v) is 1.72. The first-order valence-electron chi connectivity index (χ1n) is 5.65. The molecule has 4 nitrogen and oxygen atoms in total. The zero-order chi connectivity index (χ0) is 14.5. The van der Waals surface area contributed by atoms with E-state index in [-0.39, 0.29) is 18.0 Å². The number of hydrogen-bond donors (Lipinski definition) is 0. The maximum atomic E-state index is 11.1. The van der Waals surface area contributed by atoms with Crippen LogP contribution in [0, 0.1) is 0 Å². The second kappa shape index (κ2) is 6.50. The molecule has 2 rings (SSSR count). The number of hydrogen-bond acceptors (Lipinski definition) is 4. The Morgan fingerprint density at radius 2 is 1.55 bits per heavy atom. The van der Waals surface area contributed by atoms with E-state index in [1.165, 1.54) is 12.1 Å². The second-order valence-corrected chi connectivity index (χ2v) is 4.58. The number of ether oxygens (including phenoxy) is 1. The lowest BCUT2D eigenvalue weighted by atomic mass is 10.2. The van der Waals surface area contributed by atoms with Gasteiger partial charge in [0.15, 0.2) is 0 Å². The first kappa shape index (κ1) is 14.5. The quantitative estimate of drug-likeness (QED) is 0.794. The molecule has 0 fully saturated rings. The van der Waals surface area contributed by atoms with E-state index in [2.05, 4.69) is 4.98 Å². The molecule has 0 aliphatic heterocycles. The van der Waals surface area contributed by atoms with Crippen LogP contribution in [0.2, 0.25) is 0 Å². The Hall–Kier alpha value is -1.91. The minimum absolute atomic E-state index is 0.0822. The third kappa shape index (κ3) is 3.79. The first-order chi connectivity index (χ1) is 9.56. The second-order valence-electron chi connectivity index (χ2n) is 3.90. The fourth-order valence-electron chi connectivity index (χ4n) is 1.53. The molecule has 0 aliphatic rings. The van der Waals surface area contributed by atoms with Crippen molar-refractivity contribution in [3.05, 3.63) is 59.4 Å². The van der Waals surface area contributed by atoms with Crippen molar-refractivity contribution >= 4 is 33.7 Å². The van der Waals surface area contributed by atoms with Gasteiger partial charge in [-0.1, -0.05) is 30.3 Å². The van der Waals surface area contributed by atoms with Crippen molar-refractivity contribution in [1.29, 1.82) is 0 Å². The van der Waals surface area contributed by atoms with Crippen LogP contribution in [0.25, 0.3) is 0 Å². The molecule has 0 radical (unpaired) electrons. The number of rotatable bonds is 5. The molecule has 6 heteroatoms. The van der Waals surface area contributed by atoms with E-state index >= 15 is 0 Å². The summed E-state index contributed by atoms with van der Waals surface area (Å²) in [7, 11) is 0. The Labute approximate surface area is 125 Å². The monoisotopic (exact) mass is 309 g/mol. The smallest absolute Gasteiger partial charge is 0.270 e. The fraction of sp³-hybridized carbons (Fsp3) is 0.0714. The van der Waals surface area contributed by atoms with Gasteiger partial charge in [-0.05, 0) is 28.8 Å². The number of benzene rings is 1. The minimum atomic E-state index is -0.783. The summed E-state index contributed by atoms with van der Waals surface area (Å²) in [5.41, 5.74) is 0.782. The van der Waals surface area contributed by atoms with E-state index in [0.29, 0.717) is 5.75 Å². The van der Waals surface area contributed by atoms with Crippen molar-refractivity contribution < 1.29 is 14.3 Å². The maximum absolute atomic E-state index is 11.1. The van der Waals surface area contributed by atoms with Gasteiger partial charge >= 0.3 is 0 Å². The Balaban J connectivity index is 2.22. The van der Waals surface area contributed by atoms with Gasteiger partial charge in [0.05, 0.1) is 0 Å². The van der Waals surface area contributed by atoms with Crippen molar-refractivity contribution in [2.75, 3.05) is 0 Å². The molecule has 102 valence electrons. The van der Waals surface area contributed by atoms with Crippen molar-refractivity contribution in [3.8, 4) is 5.75 Å². The molecule has 1 heterocycles. The van der Waals surface area contributed by atoms with E-state index in [4.69, 9.17) is 27.9 Å². The van der Waals surface area contributed by atoms with Crippen LogP contribution in [0.3, 0.4) is 0 Å². The third-order valence-corrected chi connectivity index (χ3v) is 2.84. The Bertz CT molecular complexity index is 612. The third-order valence-electron chi connectivity index (χ3n) is 2.45. The van der Waals surface area contributed by atoms with Crippen molar-refractivity contribution in [2.45, 2.75) is 6.61 Å². The molecule has 0 bridgehead atoms. The molecule has 0 amide bonds. The molecule has 0 unspecified atom stereocenters. The van der Waals surface area contributed by atoms with E-state index < -0.39 is 10.5 Å². The lowest BCUT2D eigenvalue weighted by molar-refractivity contribution is 0.107. The summed E-state index contributed by atoms with van der Waals surface area (Å²) >= 11 is 10.7. The van der Waals surface area contributed by atoms with Gasteiger partial charge < -0.3 is 4.74 Å². The number of carbonyl (C=O) groups is 2. The van der Waals surface area contributed by atoms with Crippen LogP contribution in [0.1, 0.15) is 26.5 Å². The van der Waals surface area contributed by atoms with E-state index in [9.17, 15) is 9.59 Å². The Morgan fingerprint density at radius 3 is 2.05 bits per heavy atom. The van der Waals surface area contributed by atoms with Crippen LogP contribution in [-0.2, 0) is 6.61 Å². The molecule has 2 aromatic rings. The van der Waals surface area contributed by atoms with E-state index in [0.717, 1.165) is 5.56 Å². The summed E-state index contributed by atoms with van der Waals surface area (Å²) in [5.74, 6) is 0.303. The molecule has 1 aromatic heterocycles. The number of nitrogens with zero attached hydrogens (tertiary/aromatic N) is 1. The van der Waals surface area contributed by atoms with E-state index in [1.54, 1.807) is 0 Å². The Morgan fingerprint density at radius 1 is 1.00 bits per heavy atom. The highest BCUT2D eigenvalue weighted by Crippen LogP contribution is 2.18. The van der Waals surface area contributed by atoms with Gasteiger partial charge in [-0.3, -0.25) is 9.59 Å². The maximum Gasteiger partial charge on any atom is 0.270 e. The zero-order valence-electron chi connectivity index (χ0n) is 10.2. The van der Waals surface area contributed by atoms with Gasteiger partial charge in [0.1, 0.15) is 23.7 Å². The molecule has 0 atom stereocenters. The first-order valence-corrected chi connectivity index (χ1v) is 6.40. The highest BCUT2D eigenvalue weighted by atomic mass is 35.5. The molecule has 0 saturated carbocycles. The summed E-state index contributed by atoms with van der Waals surface area (Å²) in [6.07, 6.45) is 0. The molecular formula is C14H9Cl2NO3. The summed E-state index contributed by atoms with van der Waals surface area (Å²) in [5, 5.41) is -1.57. The minimum Gasteiger partial charge on any atom is -0.489 e. The predicted molar refractivity (Wildman–Crippen MR) is 75.4 cm³/mol. The zero-order valence-corrected chi connectivity index (χ0v) is 11.7. The van der Waals surface area contributed by atoms with Gasteiger partial charge in [0, 0.05) is 12.1 Å². The number of pyridine rings is 1. The summed E-state index contributed by atoms with van der Waals surface area (Å²) in [6, 6.07) is 12.2. The molecule has 0 saturated heterocycles. The average Bonchev–Trinajstić information content (AvgIpc) is 2.45. The molecule has 1 aromatic carbocycles. The number of halogens is 2. The summed E-state index contributed by atoms with van der Waals surface area (Å²) in [6.45, 7) is 0.288. The number of aromatic nitrogens is 1. The lowest BCUT2D eigenvalue weighted by Gasteiger charge is -2.08. The van der Waals surface area contributed by atoms with Gasteiger partial charge in [0.25, 0.3) is 10.5 Å². The summed E-state index contributed by atoms with van der Waals surface area (Å²) in [4.78, 5) is 26.0. The van der Waals surface area contributed by atoms with Crippen molar-refractivity contribution in [2.24, 2.45) is 0 Å². The lowest BCUT2D eigenvalue weighted by Crippen LogP contribution is -2.04. The van der Waals surface area contributed by atoms with Crippen LogP contribution >= 0.6 is 23.2 Å². The predicted octanol–water partition coefficient (Wildman–Crippen LogP) is 3.42. The standard InChI is InChI=1S/C14H9Cl2NO3/c15-13(18)11-6-10(7-12(17-11)14(16)19)20-8-9-4-2-1-3-5-9/h1-7H,8H2. The van der Waals surface area contributed by atoms with Crippen LogP contribution in [0.15, 0.2) is 42.5 Å². The summed E-state index contributed by atoms with van der Waals surface area (Å²) < 4.78 is 5.51. The van der Waals surface area contributed by atoms with Gasteiger partial charge in [0.2, 0.25) is 0 Å². The largest absolute Gasteiger partial charge is 0.489 e. The highest BCUT2D eigenvalue weighted by Gasteiger charge is 2.13. The highest BCUT2D eigenvalue weighted by molar-refractivity contribution is 6.68. The average molecular weight is 310 g/mol. The van der Waals surface area contributed by atoms with Crippen LogP contribution < -0.4 is 4.74 Å². The van der Waals surface area contributed by atoms with Crippen LogP contribution in [0.4, 0.5) is 0 Å². The molecule has 0 N–H and O–H groups in total. The molecule has 0 aliphatic carbocycles. The van der Waals surface area contributed by atoms with Gasteiger partial charge in [-0.2, -0.15) is 0 Å². The topological polar surface area (TPSA) is 56.3 Å².